The predicted octanol–water partition coefficient (Wildman–Crippen LogP) is 3.00. The smallest absolute Gasteiger partial charge is 0.320 e. The van der Waals surface area contributed by atoms with E-state index in [0.717, 1.165) is 18.4 Å². The van der Waals surface area contributed by atoms with Crippen molar-refractivity contribution in [3.63, 3.8) is 0 Å². The Balaban J connectivity index is 1.88. The summed E-state index contributed by atoms with van der Waals surface area (Å²) in [7, 11) is 0. The number of carboxylic acids is 1. The average Bonchev–Trinajstić information content (AvgIpc) is 2.57. The van der Waals surface area contributed by atoms with Crippen molar-refractivity contribution >= 4 is 5.97 Å². The number of benzene rings is 1. The van der Waals surface area contributed by atoms with Crippen LogP contribution < -0.4 is 10.1 Å². The molecule has 0 bridgehead atoms. The molecule has 6 nitrogen and oxygen atoms in total. The standard InChI is InChI=1S/C17H21N3O3/c1-2-3-4-15(17(21)22)20-11-13-5-7-14(8-6-13)23-16-12-18-9-10-19-16/h5-10,12,15,20H,2-4,11H2,1H3,(H,21,22)/t15-/m0/s1. The maximum Gasteiger partial charge on any atom is 0.320 e. The number of nitrogens with zero attached hydrogens (tertiary/aromatic N) is 2. The summed E-state index contributed by atoms with van der Waals surface area (Å²) < 4.78 is 5.56. The van der Waals surface area contributed by atoms with Crippen LogP contribution in [0.1, 0.15) is 31.7 Å². The fourth-order valence-electron chi connectivity index (χ4n) is 2.10. The van der Waals surface area contributed by atoms with E-state index in [2.05, 4.69) is 22.2 Å². The molecule has 122 valence electrons. The van der Waals surface area contributed by atoms with Gasteiger partial charge in [-0.2, -0.15) is 0 Å². The van der Waals surface area contributed by atoms with Crippen molar-refractivity contribution < 1.29 is 14.6 Å². The van der Waals surface area contributed by atoms with Crippen LogP contribution >= 0.6 is 0 Å². The van der Waals surface area contributed by atoms with Crippen molar-refractivity contribution in [2.24, 2.45) is 0 Å². The quantitative estimate of drug-likeness (QED) is 0.740. The predicted molar refractivity (Wildman–Crippen MR) is 86.3 cm³/mol. The number of aliphatic carboxylic acids is 1. The molecule has 1 aromatic carbocycles. The fourth-order valence-corrected chi connectivity index (χ4v) is 2.10. The summed E-state index contributed by atoms with van der Waals surface area (Å²) in [6, 6.07) is 6.95. The van der Waals surface area contributed by atoms with Gasteiger partial charge in [-0.05, 0) is 24.1 Å². The van der Waals surface area contributed by atoms with Gasteiger partial charge in [0.2, 0.25) is 5.88 Å². The van der Waals surface area contributed by atoms with Crippen LogP contribution in [0.15, 0.2) is 42.9 Å². The number of carboxylic acid groups (broad SMARTS) is 1. The highest BCUT2D eigenvalue weighted by atomic mass is 16.5. The van der Waals surface area contributed by atoms with Crippen LogP contribution in [0.2, 0.25) is 0 Å². The maximum absolute atomic E-state index is 11.2. The molecule has 1 heterocycles. The first-order valence-corrected chi connectivity index (χ1v) is 7.68. The van der Waals surface area contributed by atoms with E-state index in [9.17, 15) is 9.90 Å². The minimum absolute atomic E-state index is 0.434. The van der Waals surface area contributed by atoms with Gasteiger partial charge in [0.05, 0.1) is 6.20 Å². The Morgan fingerprint density at radius 2 is 2.09 bits per heavy atom. The van der Waals surface area contributed by atoms with Crippen molar-refractivity contribution in [2.75, 3.05) is 0 Å². The van der Waals surface area contributed by atoms with Gasteiger partial charge < -0.3 is 15.2 Å². The highest BCUT2D eigenvalue weighted by molar-refractivity contribution is 5.73. The largest absolute Gasteiger partial charge is 0.480 e. The zero-order chi connectivity index (χ0) is 16.5. The van der Waals surface area contributed by atoms with Crippen molar-refractivity contribution in [3.05, 3.63) is 48.4 Å². The van der Waals surface area contributed by atoms with Gasteiger partial charge in [-0.3, -0.25) is 9.78 Å². The molecule has 1 aromatic heterocycles. The number of carbonyl (C=O) groups is 1. The minimum atomic E-state index is -0.805. The lowest BCUT2D eigenvalue weighted by atomic mass is 10.1. The van der Waals surface area contributed by atoms with Crippen LogP contribution in [0.4, 0.5) is 0 Å². The lowest BCUT2D eigenvalue weighted by Crippen LogP contribution is -2.36. The highest BCUT2D eigenvalue weighted by Crippen LogP contribution is 2.18. The number of ether oxygens (including phenoxy) is 1. The Bertz CT molecular complexity index is 602. The zero-order valence-electron chi connectivity index (χ0n) is 13.1. The van der Waals surface area contributed by atoms with Crippen molar-refractivity contribution in [3.8, 4) is 11.6 Å². The average molecular weight is 315 g/mol. The second kappa shape index (κ2) is 8.85. The van der Waals surface area contributed by atoms with Gasteiger partial charge >= 0.3 is 5.97 Å². The van der Waals surface area contributed by atoms with E-state index in [0.29, 0.717) is 24.6 Å². The highest BCUT2D eigenvalue weighted by Gasteiger charge is 2.15. The number of rotatable bonds is 9. The van der Waals surface area contributed by atoms with Crippen molar-refractivity contribution in [1.29, 1.82) is 0 Å². The van der Waals surface area contributed by atoms with E-state index >= 15 is 0 Å². The lowest BCUT2D eigenvalue weighted by molar-refractivity contribution is -0.139. The molecule has 0 fully saturated rings. The molecule has 0 aliphatic rings. The first-order chi connectivity index (χ1) is 11.2. The molecule has 0 unspecified atom stereocenters. The number of hydrogen-bond donors (Lipinski definition) is 2. The molecule has 0 spiro atoms. The summed E-state index contributed by atoms with van der Waals surface area (Å²) in [4.78, 5) is 19.2. The molecule has 0 aliphatic heterocycles. The maximum atomic E-state index is 11.2. The van der Waals surface area contributed by atoms with E-state index in [1.807, 2.05) is 24.3 Å². The van der Waals surface area contributed by atoms with E-state index in [1.165, 1.54) is 0 Å². The molecule has 0 saturated carbocycles. The van der Waals surface area contributed by atoms with Crippen LogP contribution in [-0.4, -0.2) is 27.1 Å². The summed E-state index contributed by atoms with van der Waals surface area (Å²) in [6.45, 7) is 2.56. The van der Waals surface area contributed by atoms with Gasteiger partial charge in [-0.15, -0.1) is 0 Å². The van der Waals surface area contributed by atoms with Crippen LogP contribution in [0, 0.1) is 0 Å². The molecular formula is C17H21N3O3. The first-order valence-electron chi connectivity index (χ1n) is 7.68. The Morgan fingerprint density at radius 1 is 1.30 bits per heavy atom. The second-order valence-corrected chi connectivity index (χ2v) is 5.20. The molecule has 2 rings (SSSR count). The van der Waals surface area contributed by atoms with Gasteiger partial charge in [-0.1, -0.05) is 31.9 Å². The molecule has 1 atom stereocenters. The monoisotopic (exact) mass is 315 g/mol. The Labute approximate surface area is 135 Å². The van der Waals surface area contributed by atoms with Gasteiger partial charge in [0.15, 0.2) is 0 Å². The van der Waals surface area contributed by atoms with Crippen LogP contribution in [0.25, 0.3) is 0 Å². The molecule has 23 heavy (non-hydrogen) atoms. The fraction of sp³-hybridized carbons (Fsp3) is 0.353. The molecule has 2 N–H and O–H groups in total. The Morgan fingerprint density at radius 3 is 2.70 bits per heavy atom. The summed E-state index contributed by atoms with van der Waals surface area (Å²) in [5.74, 6) is 0.292. The number of unbranched alkanes of at least 4 members (excludes halogenated alkanes) is 1. The van der Waals surface area contributed by atoms with Crippen LogP contribution in [0.3, 0.4) is 0 Å². The van der Waals surface area contributed by atoms with Crippen LogP contribution in [0.5, 0.6) is 11.6 Å². The molecular weight excluding hydrogens is 294 g/mol. The lowest BCUT2D eigenvalue weighted by Gasteiger charge is -2.14. The molecule has 0 aliphatic carbocycles. The van der Waals surface area contributed by atoms with Crippen molar-refractivity contribution in [2.45, 2.75) is 38.8 Å². The number of nitrogens with one attached hydrogen (secondary N) is 1. The molecule has 6 heteroatoms. The number of hydrogen-bond acceptors (Lipinski definition) is 5. The second-order valence-electron chi connectivity index (χ2n) is 5.20. The topological polar surface area (TPSA) is 84.3 Å². The minimum Gasteiger partial charge on any atom is -0.480 e. The molecule has 0 saturated heterocycles. The molecule has 2 aromatic rings. The third kappa shape index (κ3) is 5.67. The third-order valence-corrected chi connectivity index (χ3v) is 3.38. The third-order valence-electron chi connectivity index (χ3n) is 3.38. The van der Waals surface area contributed by atoms with E-state index in [-0.39, 0.29) is 0 Å². The SMILES string of the molecule is CCCC[C@H](NCc1ccc(Oc2cnccn2)cc1)C(=O)O. The van der Waals surface area contributed by atoms with Gasteiger partial charge in [-0.25, -0.2) is 4.98 Å². The Kier molecular flexibility index (Phi) is 6.50. The zero-order valence-corrected chi connectivity index (χ0v) is 13.1. The van der Waals surface area contributed by atoms with Crippen molar-refractivity contribution in [1.82, 2.24) is 15.3 Å². The summed E-state index contributed by atoms with van der Waals surface area (Å²) in [5, 5.41) is 12.3. The first kappa shape index (κ1) is 16.9. The van der Waals surface area contributed by atoms with E-state index in [1.54, 1.807) is 18.6 Å². The molecule has 0 amide bonds. The van der Waals surface area contributed by atoms with Gasteiger partial charge in [0, 0.05) is 18.9 Å². The van der Waals surface area contributed by atoms with Gasteiger partial charge in [0.25, 0.3) is 0 Å². The summed E-state index contributed by atoms with van der Waals surface area (Å²) in [6.07, 6.45) is 7.21. The van der Waals surface area contributed by atoms with Gasteiger partial charge in [0.1, 0.15) is 11.8 Å². The Hall–Kier alpha value is -2.47. The summed E-state index contributed by atoms with van der Waals surface area (Å²) in [5.41, 5.74) is 0.999. The number of aromatic nitrogens is 2. The van der Waals surface area contributed by atoms with Crippen LogP contribution in [-0.2, 0) is 11.3 Å². The van der Waals surface area contributed by atoms with E-state index in [4.69, 9.17) is 4.74 Å². The summed E-state index contributed by atoms with van der Waals surface area (Å²) >= 11 is 0. The van der Waals surface area contributed by atoms with E-state index < -0.39 is 12.0 Å². The normalized spacial score (nSPS) is 11.9. The molecule has 0 radical (unpaired) electrons.